The Morgan fingerprint density at radius 2 is 2.00 bits per heavy atom. The van der Waals surface area contributed by atoms with E-state index >= 15 is 0 Å². The maximum Gasteiger partial charge on any atom is 0.303 e. The Morgan fingerprint density at radius 1 is 1.25 bits per heavy atom. The van der Waals surface area contributed by atoms with Crippen LogP contribution in [-0.4, -0.2) is 30.3 Å². The Labute approximate surface area is 140 Å². The van der Waals surface area contributed by atoms with Gasteiger partial charge in [0.25, 0.3) is 0 Å². The molecule has 1 aromatic carbocycles. The molecule has 0 fully saturated rings. The summed E-state index contributed by atoms with van der Waals surface area (Å²) in [5.41, 5.74) is 2.78. The van der Waals surface area contributed by atoms with E-state index in [0.29, 0.717) is 30.1 Å². The summed E-state index contributed by atoms with van der Waals surface area (Å²) >= 11 is 0. The first-order chi connectivity index (χ1) is 11.5. The van der Waals surface area contributed by atoms with Gasteiger partial charge in [0.1, 0.15) is 11.5 Å². The number of rotatable bonds is 8. The monoisotopic (exact) mass is 331 g/mol. The van der Waals surface area contributed by atoms with Gasteiger partial charge in [-0.15, -0.1) is 0 Å². The number of hydrogen-bond donors (Lipinski definition) is 1. The molecule has 6 heteroatoms. The average Bonchev–Trinajstić information content (AvgIpc) is 3.11. The number of ether oxygens (including phenoxy) is 2. The van der Waals surface area contributed by atoms with Gasteiger partial charge in [-0.25, -0.2) is 4.98 Å². The summed E-state index contributed by atoms with van der Waals surface area (Å²) in [5, 5.41) is 8.75. The van der Waals surface area contributed by atoms with Crippen LogP contribution in [0.1, 0.15) is 25.3 Å². The third-order valence-electron chi connectivity index (χ3n) is 3.70. The fourth-order valence-electron chi connectivity index (χ4n) is 2.36. The van der Waals surface area contributed by atoms with Gasteiger partial charge in [-0.05, 0) is 31.4 Å². The first-order valence-corrected chi connectivity index (χ1v) is 7.56. The summed E-state index contributed by atoms with van der Waals surface area (Å²) in [4.78, 5) is 14.6. The van der Waals surface area contributed by atoms with Gasteiger partial charge in [0, 0.05) is 12.5 Å². The minimum Gasteiger partial charge on any atom is -0.496 e. The topological polar surface area (TPSA) is 81.8 Å². The Hall–Kier alpha value is -2.76. The maximum absolute atomic E-state index is 10.6. The number of carboxylic acid groups (broad SMARTS) is 1. The average molecular weight is 331 g/mol. The molecule has 0 unspecified atom stereocenters. The van der Waals surface area contributed by atoms with Crippen LogP contribution in [0.2, 0.25) is 0 Å². The summed E-state index contributed by atoms with van der Waals surface area (Å²) in [6.07, 6.45) is 6.29. The van der Waals surface area contributed by atoms with E-state index in [1.54, 1.807) is 20.4 Å². The molecule has 0 radical (unpaired) electrons. The van der Waals surface area contributed by atoms with Crippen molar-refractivity contribution < 1.29 is 23.8 Å². The van der Waals surface area contributed by atoms with Crippen LogP contribution in [0.15, 0.2) is 40.8 Å². The van der Waals surface area contributed by atoms with Crippen LogP contribution in [0, 0.1) is 0 Å². The molecule has 24 heavy (non-hydrogen) atoms. The molecule has 1 heterocycles. The summed E-state index contributed by atoms with van der Waals surface area (Å²) in [7, 11) is 3.19. The number of carboxylic acids is 1. The molecule has 128 valence electrons. The molecular formula is C18H21NO5. The number of hydrogen-bond acceptors (Lipinski definition) is 5. The lowest BCUT2D eigenvalue weighted by molar-refractivity contribution is -0.136. The summed E-state index contributed by atoms with van der Waals surface area (Å²) in [6.45, 7) is 1.93. The molecule has 6 nitrogen and oxygen atoms in total. The van der Waals surface area contributed by atoms with Gasteiger partial charge in [-0.1, -0.05) is 11.6 Å². The highest BCUT2D eigenvalue weighted by Crippen LogP contribution is 2.36. The van der Waals surface area contributed by atoms with Crippen molar-refractivity contribution in [3.63, 3.8) is 0 Å². The van der Waals surface area contributed by atoms with Gasteiger partial charge >= 0.3 is 5.97 Å². The largest absolute Gasteiger partial charge is 0.496 e. The fraction of sp³-hybridized carbons (Fsp3) is 0.333. The van der Waals surface area contributed by atoms with Crippen molar-refractivity contribution in [3.8, 4) is 22.8 Å². The fourth-order valence-corrected chi connectivity index (χ4v) is 2.36. The van der Waals surface area contributed by atoms with Crippen molar-refractivity contribution >= 4 is 5.97 Å². The van der Waals surface area contributed by atoms with Crippen molar-refractivity contribution in [2.45, 2.75) is 26.2 Å². The summed E-state index contributed by atoms with van der Waals surface area (Å²) < 4.78 is 16.2. The van der Waals surface area contributed by atoms with Crippen molar-refractivity contribution in [1.29, 1.82) is 0 Å². The van der Waals surface area contributed by atoms with Crippen molar-refractivity contribution in [3.05, 3.63) is 41.9 Å². The second-order valence-electron chi connectivity index (χ2n) is 5.38. The number of allylic oxidation sites excluding steroid dienone is 2. The third-order valence-corrected chi connectivity index (χ3v) is 3.70. The van der Waals surface area contributed by atoms with Gasteiger partial charge in [-0.3, -0.25) is 4.79 Å². The minimum absolute atomic E-state index is 0.130. The van der Waals surface area contributed by atoms with Crippen LogP contribution >= 0.6 is 0 Å². The number of oxazole rings is 1. The first-order valence-electron chi connectivity index (χ1n) is 7.56. The second-order valence-corrected chi connectivity index (χ2v) is 5.38. The Kier molecular flexibility index (Phi) is 6.01. The van der Waals surface area contributed by atoms with Crippen LogP contribution in [0.3, 0.4) is 0 Å². The van der Waals surface area contributed by atoms with Crippen LogP contribution < -0.4 is 9.47 Å². The van der Waals surface area contributed by atoms with Crippen molar-refractivity contribution in [1.82, 2.24) is 4.98 Å². The van der Waals surface area contributed by atoms with E-state index in [0.717, 1.165) is 16.7 Å². The van der Waals surface area contributed by atoms with Gasteiger partial charge < -0.3 is 19.0 Å². The molecule has 1 aromatic heterocycles. The van der Waals surface area contributed by atoms with E-state index < -0.39 is 5.97 Å². The van der Waals surface area contributed by atoms with Gasteiger partial charge in [0.15, 0.2) is 12.2 Å². The number of nitrogens with zero attached hydrogens (tertiary/aromatic N) is 1. The molecule has 0 amide bonds. The molecule has 0 bridgehead atoms. The Balaban J connectivity index is 2.29. The highest BCUT2D eigenvalue weighted by Gasteiger charge is 2.14. The zero-order valence-corrected chi connectivity index (χ0v) is 14.0. The van der Waals surface area contributed by atoms with E-state index in [-0.39, 0.29) is 6.42 Å². The quantitative estimate of drug-likeness (QED) is 0.743. The molecule has 0 saturated heterocycles. The van der Waals surface area contributed by atoms with Crippen molar-refractivity contribution in [2.24, 2.45) is 0 Å². The summed E-state index contributed by atoms with van der Waals surface area (Å²) in [5.74, 6) is 1.16. The summed E-state index contributed by atoms with van der Waals surface area (Å²) in [6, 6.07) is 3.76. The smallest absolute Gasteiger partial charge is 0.303 e. The molecular weight excluding hydrogens is 310 g/mol. The Morgan fingerprint density at radius 3 is 2.58 bits per heavy atom. The van der Waals surface area contributed by atoms with Gasteiger partial charge in [0.05, 0.1) is 26.0 Å². The molecule has 0 aliphatic carbocycles. The molecule has 0 atom stereocenters. The molecule has 0 aliphatic rings. The maximum atomic E-state index is 10.6. The first kappa shape index (κ1) is 17.6. The number of carbonyl (C=O) groups is 1. The molecule has 0 spiro atoms. The third kappa shape index (κ3) is 4.38. The second kappa shape index (κ2) is 8.19. The van der Waals surface area contributed by atoms with E-state index in [1.165, 1.54) is 6.39 Å². The number of aromatic nitrogens is 1. The molecule has 1 N–H and O–H groups in total. The van der Waals surface area contributed by atoms with E-state index in [9.17, 15) is 4.79 Å². The predicted molar refractivity (Wildman–Crippen MR) is 89.4 cm³/mol. The number of methoxy groups -OCH3 is 2. The number of aliphatic carboxylic acids is 1. The minimum atomic E-state index is -0.794. The van der Waals surface area contributed by atoms with Gasteiger partial charge in [-0.2, -0.15) is 0 Å². The van der Waals surface area contributed by atoms with Crippen LogP contribution in [0.5, 0.6) is 11.5 Å². The highest BCUT2D eigenvalue weighted by atomic mass is 16.5. The zero-order valence-electron chi connectivity index (χ0n) is 14.0. The standard InChI is InChI=1S/C18H21NO5/c1-12(5-7-18(20)21)4-6-13-8-14(17-10-19-11-24-17)16(23-3)9-15(13)22-2/h4,8-11H,5-7H2,1-3H3,(H,20,21)/b12-4+. The predicted octanol–water partition coefficient (Wildman–Crippen LogP) is 3.71. The highest BCUT2D eigenvalue weighted by molar-refractivity contribution is 5.69. The van der Waals surface area contributed by atoms with E-state index in [2.05, 4.69) is 4.98 Å². The molecule has 0 aliphatic heterocycles. The molecule has 2 aromatic rings. The Bertz CT molecular complexity index is 719. The van der Waals surface area contributed by atoms with E-state index in [1.807, 2.05) is 25.1 Å². The lowest BCUT2D eigenvalue weighted by Gasteiger charge is -2.13. The number of benzene rings is 1. The molecule has 2 rings (SSSR count). The SMILES string of the molecule is COc1cc(OC)c(-c2cnco2)cc1C/C=C(\C)CCC(=O)O. The van der Waals surface area contributed by atoms with Crippen LogP contribution in [-0.2, 0) is 11.2 Å². The van der Waals surface area contributed by atoms with Crippen LogP contribution in [0.4, 0.5) is 0 Å². The normalized spacial score (nSPS) is 11.4. The van der Waals surface area contributed by atoms with E-state index in [4.69, 9.17) is 19.0 Å². The van der Waals surface area contributed by atoms with Gasteiger partial charge in [0.2, 0.25) is 0 Å². The lowest BCUT2D eigenvalue weighted by atomic mass is 10.0. The zero-order chi connectivity index (χ0) is 17.5. The van der Waals surface area contributed by atoms with Crippen molar-refractivity contribution in [2.75, 3.05) is 14.2 Å². The molecule has 0 saturated carbocycles. The lowest BCUT2D eigenvalue weighted by Crippen LogP contribution is -1.97. The van der Waals surface area contributed by atoms with Crippen LogP contribution in [0.25, 0.3) is 11.3 Å².